The SMILES string of the molecule is COC(=O)c1ccc2nc(SCCn3cccn3)oc2c1. The minimum absolute atomic E-state index is 0.388. The molecule has 0 radical (unpaired) electrons. The number of carbonyl (C=O) groups excluding carboxylic acids is 1. The molecule has 2 aromatic heterocycles. The lowest BCUT2D eigenvalue weighted by atomic mass is 10.2. The Morgan fingerprint density at radius 1 is 1.48 bits per heavy atom. The van der Waals surface area contributed by atoms with Crippen molar-refractivity contribution in [2.75, 3.05) is 12.9 Å². The average molecular weight is 303 g/mol. The van der Waals surface area contributed by atoms with E-state index < -0.39 is 0 Å². The zero-order valence-corrected chi connectivity index (χ0v) is 12.2. The Hall–Kier alpha value is -2.28. The van der Waals surface area contributed by atoms with Gasteiger partial charge in [-0.1, -0.05) is 11.8 Å². The molecule has 0 amide bonds. The summed E-state index contributed by atoms with van der Waals surface area (Å²) in [6, 6.07) is 6.96. The highest BCUT2D eigenvalue weighted by Gasteiger charge is 2.11. The topological polar surface area (TPSA) is 70.2 Å². The van der Waals surface area contributed by atoms with E-state index in [1.807, 2.05) is 16.9 Å². The van der Waals surface area contributed by atoms with Gasteiger partial charge in [-0.15, -0.1) is 0 Å². The van der Waals surface area contributed by atoms with Crippen LogP contribution in [0.2, 0.25) is 0 Å². The third-order valence-corrected chi connectivity index (χ3v) is 3.70. The van der Waals surface area contributed by atoms with Crippen LogP contribution in [0.3, 0.4) is 0 Å². The van der Waals surface area contributed by atoms with Crippen LogP contribution in [0.1, 0.15) is 10.4 Å². The van der Waals surface area contributed by atoms with Crippen LogP contribution in [-0.4, -0.2) is 33.6 Å². The fourth-order valence-electron chi connectivity index (χ4n) is 1.87. The molecule has 0 unspecified atom stereocenters. The summed E-state index contributed by atoms with van der Waals surface area (Å²) in [4.78, 5) is 15.8. The fourth-order valence-corrected chi connectivity index (χ4v) is 2.63. The molecule has 2 heterocycles. The van der Waals surface area contributed by atoms with Gasteiger partial charge >= 0.3 is 5.97 Å². The molecular weight excluding hydrogens is 290 g/mol. The number of hydrogen-bond donors (Lipinski definition) is 0. The molecule has 7 heteroatoms. The second-order valence-corrected chi connectivity index (χ2v) is 5.32. The number of fused-ring (bicyclic) bond motifs is 1. The molecule has 108 valence electrons. The molecule has 0 fully saturated rings. The lowest BCUT2D eigenvalue weighted by Crippen LogP contribution is -2.00. The van der Waals surface area contributed by atoms with Gasteiger partial charge in [0, 0.05) is 18.1 Å². The smallest absolute Gasteiger partial charge is 0.337 e. The molecule has 0 N–H and O–H groups in total. The van der Waals surface area contributed by atoms with Gasteiger partial charge in [0.15, 0.2) is 5.58 Å². The summed E-state index contributed by atoms with van der Waals surface area (Å²) >= 11 is 1.51. The first-order valence-electron chi connectivity index (χ1n) is 6.35. The fraction of sp³-hybridized carbons (Fsp3) is 0.214. The maximum atomic E-state index is 11.5. The van der Waals surface area contributed by atoms with E-state index in [9.17, 15) is 4.79 Å². The first-order chi connectivity index (χ1) is 10.3. The van der Waals surface area contributed by atoms with Crippen molar-refractivity contribution in [1.29, 1.82) is 0 Å². The van der Waals surface area contributed by atoms with Crippen molar-refractivity contribution in [3.63, 3.8) is 0 Å². The van der Waals surface area contributed by atoms with Crippen LogP contribution < -0.4 is 0 Å². The molecule has 0 atom stereocenters. The quantitative estimate of drug-likeness (QED) is 0.533. The van der Waals surface area contributed by atoms with Gasteiger partial charge < -0.3 is 9.15 Å². The number of oxazole rings is 1. The Morgan fingerprint density at radius 3 is 3.14 bits per heavy atom. The van der Waals surface area contributed by atoms with E-state index in [1.165, 1.54) is 18.9 Å². The number of rotatable bonds is 5. The number of aromatic nitrogens is 3. The molecule has 0 aliphatic heterocycles. The summed E-state index contributed by atoms with van der Waals surface area (Å²) in [5.41, 5.74) is 1.76. The maximum absolute atomic E-state index is 11.5. The standard InChI is InChI=1S/C14H13N3O3S/c1-19-13(18)10-3-4-11-12(9-10)20-14(16-11)21-8-7-17-6-2-5-15-17/h2-6,9H,7-8H2,1H3. The normalized spacial score (nSPS) is 10.9. The number of aryl methyl sites for hydroxylation is 1. The van der Waals surface area contributed by atoms with Crippen LogP contribution in [0.15, 0.2) is 46.3 Å². The Balaban J connectivity index is 1.70. The molecule has 0 saturated heterocycles. The molecule has 0 aliphatic carbocycles. The van der Waals surface area contributed by atoms with E-state index >= 15 is 0 Å². The summed E-state index contributed by atoms with van der Waals surface area (Å²) < 4.78 is 12.2. The van der Waals surface area contributed by atoms with Crippen LogP contribution in [-0.2, 0) is 11.3 Å². The molecule has 1 aromatic carbocycles. The van der Waals surface area contributed by atoms with Crippen molar-refractivity contribution in [2.24, 2.45) is 0 Å². The van der Waals surface area contributed by atoms with Crippen molar-refractivity contribution in [3.8, 4) is 0 Å². The molecule has 0 bridgehead atoms. The molecule has 0 aliphatic rings. The van der Waals surface area contributed by atoms with E-state index in [0.29, 0.717) is 16.4 Å². The summed E-state index contributed by atoms with van der Waals surface area (Å²) in [6.45, 7) is 0.782. The summed E-state index contributed by atoms with van der Waals surface area (Å²) in [5, 5.41) is 4.71. The predicted molar refractivity (Wildman–Crippen MR) is 78.3 cm³/mol. The number of thioether (sulfide) groups is 1. The van der Waals surface area contributed by atoms with E-state index in [-0.39, 0.29) is 5.97 Å². The number of ether oxygens (including phenoxy) is 1. The van der Waals surface area contributed by atoms with Crippen LogP contribution in [0.25, 0.3) is 11.1 Å². The highest BCUT2D eigenvalue weighted by molar-refractivity contribution is 7.99. The van der Waals surface area contributed by atoms with Crippen LogP contribution in [0.4, 0.5) is 0 Å². The van der Waals surface area contributed by atoms with Crippen molar-refractivity contribution >= 4 is 28.8 Å². The first kappa shape index (κ1) is 13.7. The number of carbonyl (C=O) groups is 1. The van der Waals surface area contributed by atoms with Gasteiger partial charge in [0.2, 0.25) is 0 Å². The highest BCUT2D eigenvalue weighted by Crippen LogP contribution is 2.24. The molecule has 0 saturated carbocycles. The van der Waals surface area contributed by atoms with E-state index in [1.54, 1.807) is 24.4 Å². The van der Waals surface area contributed by atoms with E-state index in [4.69, 9.17) is 4.42 Å². The summed E-state index contributed by atoms with van der Waals surface area (Å²) in [7, 11) is 1.35. The highest BCUT2D eigenvalue weighted by atomic mass is 32.2. The third kappa shape index (κ3) is 3.08. The predicted octanol–water partition coefficient (Wildman–Crippen LogP) is 2.60. The minimum atomic E-state index is -0.388. The van der Waals surface area contributed by atoms with Crippen LogP contribution in [0, 0.1) is 0 Å². The van der Waals surface area contributed by atoms with Gasteiger partial charge in [0.05, 0.1) is 19.2 Å². The van der Waals surface area contributed by atoms with Crippen LogP contribution in [0.5, 0.6) is 0 Å². The maximum Gasteiger partial charge on any atom is 0.337 e. The first-order valence-corrected chi connectivity index (χ1v) is 7.34. The lowest BCUT2D eigenvalue weighted by molar-refractivity contribution is 0.0601. The third-order valence-electron chi connectivity index (χ3n) is 2.90. The molecule has 0 spiro atoms. The van der Waals surface area contributed by atoms with Crippen molar-refractivity contribution in [3.05, 3.63) is 42.2 Å². The van der Waals surface area contributed by atoms with Gasteiger partial charge in [0.25, 0.3) is 5.22 Å². The van der Waals surface area contributed by atoms with Crippen molar-refractivity contribution in [1.82, 2.24) is 14.8 Å². The minimum Gasteiger partial charge on any atom is -0.465 e. The molecular formula is C14H13N3O3S. The Morgan fingerprint density at radius 2 is 2.38 bits per heavy atom. The lowest BCUT2D eigenvalue weighted by Gasteiger charge is -1.98. The molecule has 3 aromatic rings. The number of esters is 1. The summed E-state index contributed by atoms with van der Waals surface area (Å²) in [6.07, 6.45) is 3.66. The Kier molecular flexibility index (Phi) is 3.92. The van der Waals surface area contributed by atoms with Gasteiger partial charge in [-0.3, -0.25) is 4.68 Å². The second kappa shape index (κ2) is 6.01. The zero-order chi connectivity index (χ0) is 14.7. The second-order valence-electron chi connectivity index (χ2n) is 4.27. The Labute approximate surface area is 125 Å². The monoisotopic (exact) mass is 303 g/mol. The largest absolute Gasteiger partial charge is 0.465 e. The van der Waals surface area contributed by atoms with Gasteiger partial charge in [-0.2, -0.15) is 5.10 Å². The number of benzene rings is 1. The average Bonchev–Trinajstić information content (AvgIpc) is 3.14. The Bertz CT molecular complexity index is 752. The molecule has 3 rings (SSSR count). The van der Waals surface area contributed by atoms with E-state index in [0.717, 1.165) is 17.8 Å². The van der Waals surface area contributed by atoms with Crippen LogP contribution >= 0.6 is 11.8 Å². The molecule has 21 heavy (non-hydrogen) atoms. The molecule has 6 nitrogen and oxygen atoms in total. The zero-order valence-electron chi connectivity index (χ0n) is 11.4. The van der Waals surface area contributed by atoms with Crippen molar-refractivity contribution < 1.29 is 13.9 Å². The van der Waals surface area contributed by atoms with Crippen molar-refractivity contribution in [2.45, 2.75) is 11.8 Å². The van der Waals surface area contributed by atoms with Gasteiger partial charge in [-0.05, 0) is 24.3 Å². The number of nitrogens with zero attached hydrogens (tertiary/aromatic N) is 3. The van der Waals surface area contributed by atoms with Gasteiger partial charge in [-0.25, -0.2) is 9.78 Å². The van der Waals surface area contributed by atoms with E-state index in [2.05, 4.69) is 14.8 Å². The number of hydrogen-bond acceptors (Lipinski definition) is 6. The number of methoxy groups -OCH3 is 1. The summed E-state index contributed by atoms with van der Waals surface area (Å²) in [5.74, 6) is 0.416. The van der Waals surface area contributed by atoms with Gasteiger partial charge in [0.1, 0.15) is 5.52 Å².